The number of nitrogens with zero attached hydrogens (tertiary/aromatic N) is 2. The normalized spacial score (nSPS) is 18.8. The molecule has 0 spiro atoms. The van der Waals surface area contributed by atoms with Gasteiger partial charge in [0.2, 0.25) is 5.91 Å². The van der Waals surface area contributed by atoms with Crippen LogP contribution in [0.25, 0.3) is 0 Å². The number of halogens is 1. The molecule has 0 aliphatic carbocycles. The Morgan fingerprint density at radius 3 is 2.50 bits per heavy atom. The first-order valence-corrected chi connectivity index (χ1v) is 10.2. The monoisotopic (exact) mass is 426 g/mol. The maximum atomic E-state index is 12.9. The van der Waals surface area contributed by atoms with Crippen LogP contribution in [0, 0.1) is 0 Å². The third-order valence-electron chi connectivity index (χ3n) is 5.48. The van der Waals surface area contributed by atoms with E-state index in [4.69, 9.17) is 11.6 Å². The standard InChI is InChI=1S/C22H23ClN4O3/c1-26-9-8-14-10-18(5-2-15(14)12-26)24-21(29)20-11-19(28)13-27(20)22(30)25-17-6-3-16(23)4-7-17/h2-7,10,20H,8-9,11-13H2,1H3,(H,24,29)(H,25,30). The van der Waals surface area contributed by atoms with E-state index in [9.17, 15) is 14.4 Å². The van der Waals surface area contributed by atoms with Crippen molar-refractivity contribution in [3.05, 3.63) is 58.6 Å². The Morgan fingerprint density at radius 1 is 1.00 bits per heavy atom. The second-order valence-corrected chi connectivity index (χ2v) is 8.22. The Kier molecular flexibility index (Phi) is 5.74. The van der Waals surface area contributed by atoms with Crippen molar-refractivity contribution in [2.75, 3.05) is 30.8 Å². The van der Waals surface area contributed by atoms with E-state index in [1.807, 2.05) is 18.2 Å². The minimum Gasteiger partial charge on any atom is -0.324 e. The van der Waals surface area contributed by atoms with Crippen molar-refractivity contribution in [2.45, 2.75) is 25.4 Å². The van der Waals surface area contributed by atoms with E-state index in [0.717, 1.165) is 19.5 Å². The maximum absolute atomic E-state index is 12.9. The van der Waals surface area contributed by atoms with Crippen LogP contribution in [-0.2, 0) is 22.6 Å². The van der Waals surface area contributed by atoms with Crippen LogP contribution in [0.5, 0.6) is 0 Å². The largest absolute Gasteiger partial charge is 0.324 e. The molecule has 2 aliphatic heterocycles. The summed E-state index contributed by atoms with van der Waals surface area (Å²) in [6.07, 6.45) is 0.933. The highest BCUT2D eigenvalue weighted by atomic mass is 35.5. The summed E-state index contributed by atoms with van der Waals surface area (Å²) < 4.78 is 0. The van der Waals surface area contributed by atoms with Gasteiger partial charge in [-0.2, -0.15) is 0 Å². The number of anilines is 2. The lowest BCUT2D eigenvalue weighted by molar-refractivity contribution is -0.121. The SMILES string of the molecule is CN1CCc2cc(NC(=O)C3CC(=O)CN3C(=O)Nc3ccc(Cl)cc3)ccc2C1. The molecular weight excluding hydrogens is 404 g/mol. The summed E-state index contributed by atoms with van der Waals surface area (Å²) in [6, 6.07) is 11.2. The van der Waals surface area contributed by atoms with E-state index in [1.54, 1.807) is 24.3 Å². The zero-order chi connectivity index (χ0) is 21.3. The van der Waals surface area contributed by atoms with Crippen LogP contribution in [0.15, 0.2) is 42.5 Å². The predicted molar refractivity (Wildman–Crippen MR) is 116 cm³/mol. The molecule has 2 aliphatic rings. The average Bonchev–Trinajstić information content (AvgIpc) is 3.12. The van der Waals surface area contributed by atoms with E-state index in [1.165, 1.54) is 16.0 Å². The lowest BCUT2D eigenvalue weighted by Crippen LogP contribution is -2.45. The Labute approximate surface area is 180 Å². The van der Waals surface area contributed by atoms with E-state index in [-0.39, 0.29) is 24.7 Å². The summed E-state index contributed by atoms with van der Waals surface area (Å²) in [4.78, 5) is 41.1. The van der Waals surface area contributed by atoms with Gasteiger partial charge in [-0.3, -0.25) is 9.59 Å². The van der Waals surface area contributed by atoms with Gasteiger partial charge in [-0.25, -0.2) is 4.79 Å². The molecule has 0 bridgehead atoms. The fourth-order valence-electron chi connectivity index (χ4n) is 3.86. The summed E-state index contributed by atoms with van der Waals surface area (Å²) >= 11 is 5.86. The van der Waals surface area contributed by atoms with E-state index < -0.39 is 12.1 Å². The maximum Gasteiger partial charge on any atom is 0.322 e. The second kappa shape index (κ2) is 8.45. The van der Waals surface area contributed by atoms with Crippen LogP contribution in [0.2, 0.25) is 5.02 Å². The van der Waals surface area contributed by atoms with Crippen molar-refractivity contribution in [3.8, 4) is 0 Å². The summed E-state index contributed by atoms with van der Waals surface area (Å²) in [5, 5.41) is 6.15. The lowest BCUT2D eigenvalue weighted by Gasteiger charge is -2.26. The third kappa shape index (κ3) is 4.47. The number of carbonyl (C=O) groups is 3. The van der Waals surface area contributed by atoms with E-state index >= 15 is 0 Å². The van der Waals surface area contributed by atoms with Gasteiger partial charge < -0.3 is 20.4 Å². The number of benzene rings is 2. The van der Waals surface area contributed by atoms with E-state index in [0.29, 0.717) is 16.4 Å². The van der Waals surface area contributed by atoms with E-state index in [2.05, 4.69) is 22.6 Å². The number of hydrogen-bond acceptors (Lipinski definition) is 4. The highest BCUT2D eigenvalue weighted by Crippen LogP contribution is 2.24. The number of hydrogen-bond donors (Lipinski definition) is 2. The molecular formula is C22H23ClN4O3. The first kappa shape index (κ1) is 20.4. The van der Waals surface area contributed by atoms with Crippen LogP contribution < -0.4 is 10.6 Å². The number of fused-ring (bicyclic) bond motifs is 1. The number of likely N-dealkylation sites (N-methyl/N-ethyl adjacent to an activating group) is 1. The summed E-state index contributed by atoms with van der Waals surface area (Å²) in [5.41, 5.74) is 3.69. The summed E-state index contributed by atoms with van der Waals surface area (Å²) in [7, 11) is 2.08. The zero-order valence-corrected chi connectivity index (χ0v) is 17.4. The molecule has 8 heteroatoms. The fourth-order valence-corrected chi connectivity index (χ4v) is 3.99. The van der Waals surface area contributed by atoms with Crippen molar-refractivity contribution in [1.82, 2.24) is 9.80 Å². The van der Waals surface area contributed by atoms with Crippen molar-refractivity contribution in [1.29, 1.82) is 0 Å². The molecule has 1 saturated heterocycles. The smallest absolute Gasteiger partial charge is 0.322 e. The molecule has 2 aromatic carbocycles. The molecule has 1 atom stereocenters. The van der Waals surface area contributed by atoms with Crippen LogP contribution in [-0.4, -0.2) is 53.7 Å². The highest BCUT2D eigenvalue weighted by Gasteiger charge is 2.39. The topological polar surface area (TPSA) is 81.8 Å². The molecule has 3 amide bonds. The molecule has 1 unspecified atom stereocenters. The lowest BCUT2D eigenvalue weighted by atomic mass is 9.99. The van der Waals surface area contributed by atoms with Gasteiger partial charge in [0.05, 0.1) is 6.54 Å². The molecule has 0 aromatic heterocycles. The molecule has 2 N–H and O–H groups in total. The van der Waals surface area contributed by atoms with Crippen LogP contribution in [0.3, 0.4) is 0 Å². The van der Waals surface area contributed by atoms with Gasteiger partial charge in [-0.1, -0.05) is 17.7 Å². The number of likely N-dealkylation sites (tertiary alicyclic amines) is 1. The molecule has 1 fully saturated rings. The number of ketones is 1. The fraction of sp³-hybridized carbons (Fsp3) is 0.318. The predicted octanol–water partition coefficient (Wildman–Crippen LogP) is 3.14. The molecule has 0 saturated carbocycles. The zero-order valence-electron chi connectivity index (χ0n) is 16.7. The van der Waals surface area contributed by atoms with Crippen LogP contribution in [0.1, 0.15) is 17.5 Å². The van der Waals surface area contributed by atoms with Crippen molar-refractivity contribution in [3.63, 3.8) is 0 Å². The minimum atomic E-state index is -0.841. The number of rotatable bonds is 3. The number of Topliss-reactive ketones (excluding diaryl/α,β-unsaturated/α-hetero) is 1. The number of urea groups is 1. The van der Waals surface area contributed by atoms with Crippen molar-refractivity contribution in [2.24, 2.45) is 0 Å². The third-order valence-corrected chi connectivity index (χ3v) is 5.73. The van der Waals surface area contributed by atoms with Crippen molar-refractivity contribution < 1.29 is 14.4 Å². The van der Waals surface area contributed by atoms with Crippen LogP contribution in [0.4, 0.5) is 16.2 Å². The molecule has 2 heterocycles. The summed E-state index contributed by atoms with van der Waals surface area (Å²) in [6.45, 7) is 1.77. The van der Waals surface area contributed by atoms with Gasteiger partial charge in [-0.05, 0) is 61.0 Å². The number of carbonyl (C=O) groups excluding carboxylic acids is 3. The number of nitrogens with one attached hydrogen (secondary N) is 2. The molecule has 7 nitrogen and oxygen atoms in total. The Morgan fingerprint density at radius 2 is 1.73 bits per heavy atom. The minimum absolute atomic E-state index is 0.00953. The molecule has 2 aromatic rings. The number of amides is 3. The molecule has 0 radical (unpaired) electrons. The van der Waals surface area contributed by atoms with Gasteiger partial charge in [0, 0.05) is 35.9 Å². The summed E-state index contributed by atoms with van der Waals surface area (Å²) in [5.74, 6) is -0.505. The quantitative estimate of drug-likeness (QED) is 0.790. The van der Waals surface area contributed by atoms with Crippen LogP contribution >= 0.6 is 11.6 Å². The molecule has 4 rings (SSSR count). The Balaban J connectivity index is 1.45. The van der Waals surface area contributed by atoms with Gasteiger partial charge >= 0.3 is 6.03 Å². The first-order chi connectivity index (χ1) is 14.4. The molecule has 30 heavy (non-hydrogen) atoms. The second-order valence-electron chi connectivity index (χ2n) is 7.78. The van der Waals surface area contributed by atoms with Gasteiger partial charge in [0.1, 0.15) is 6.04 Å². The molecule has 156 valence electrons. The highest BCUT2D eigenvalue weighted by molar-refractivity contribution is 6.30. The van der Waals surface area contributed by atoms with Crippen molar-refractivity contribution >= 4 is 40.7 Å². The average molecular weight is 427 g/mol. The van der Waals surface area contributed by atoms with Gasteiger partial charge in [-0.15, -0.1) is 0 Å². The Bertz CT molecular complexity index is 992. The van der Waals surface area contributed by atoms with Gasteiger partial charge in [0.15, 0.2) is 5.78 Å². The Hall–Kier alpha value is -2.90. The van der Waals surface area contributed by atoms with Gasteiger partial charge in [0.25, 0.3) is 0 Å². The first-order valence-electron chi connectivity index (χ1n) is 9.85.